The minimum atomic E-state index is -1.46. The third kappa shape index (κ3) is 41.0. The maximum atomic E-state index is 14.1. The van der Waals surface area contributed by atoms with Crippen LogP contribution < -0.4 is 0 Å². The number of thiol groups is 4. The normalized spacial score (nSPS) is 15.0. The maximum absolute atomic E-state index is 14.1. The molecule has 4 atom stereocenters. The number of unbranched alkanes of at least 4 members (excludes halogenated alkanes) is 36. The van der Waals surface area contributed by atoms with Crippen LogP contribution in [0, 0.1) is 5.41 Å². The minimum Gasteiger partial charge on any atom is -0.464 e. The molecular formula is C65H124O8S4. The summed E-state index contributed by atoms with van der Waals surface area (Å²) >= 11 is 19.4. The molecule has 0 aliphatic heterocycles. The fraction of sp³-hybridized carbons (Fsp3) is 0.938. The van der Waals surface area contributed by atoms with Crippen molar-refractivity contribution in [3.8, 4) is 0 Å². The molecule has 0 bridgehead atoms. The van der Waals surface area contributed by atoms with Crippen LogP contribution in [0.4, 0.5) is 0 Å². The Bertz CT molecular complexity index is 1240. The van der Waals surface area contributed by atoms with Crippen molar-refractivity contribution in [3.63, 3.8) is 0 Å². The second-order valence-corrected chi connectivity index (χ2v) is 28.6. The van der Waals surface area contributed by atoms with Gasteiger partial charge in [-0.1, -0.05) is 285 Å². The van der Waals surface area contributed by atoms with Crippen LogP contribution >= 0.6 is 50.5 Å². The SMILES string of the molecule is CCCCCCCCCCCC[C@@](C)(S)C(=O)OCC(COC(=O)[C@](C)(S)CCCCCCCCCCCC)(COC(=O)[C@](C)(S)CCCCCCCCCCCC)COC(=O)[C@](C)(S)CCCCCCCCCCCC. The lowest BCUT2D eigenvalue weighted by molar-refractivity contribution is -0.173. The number of hydrogen-bond acceptors (Lipinski definition) is 12. The van der Waals surface area contributed by atoms with Gasteiger partial charge in [-0.2, -0.15) is 50.5 Å². The summed E-state index contributed by atoms with van der Waals surface area (Å²) in [5.74, 6) is -2.15. The standard InChI is InChI=1S/C65H124O8S4/c1-9-13-17-21-25-29-33-37-41-45-49-61(5,74)57(66)70-53-65(54-71-58(67)62(6,75)50-46-42-38-34-30-26-22-18-14-10-2,55-72-59(68)63(7,76)51-47-43-39-35-31-27-23-19-15-11-3)56-73-60(69)64(8,77)52-48-44-40-36-32-28-24-20-16-12-4/h74-77H,9-56H2,1-8H3/t61-,62-,63-,64-/m1/s1. The zero-order valence-electron chi connectivity index (χ0n) is 51.5. The number of ether oxygens (including phenoxy) is 4. The Balaban J connectivity index is 6.33. The van der Waals surface area contributed by atoms with Crippen LogP contribution in [-0.4, -0.2) is 69.3 Å². The highest BCUT2D eigenvalue weighted by Gasteiger charge is 2.44. The summed E-state index contributed by atoms with van der Waals surface area (Å²) in [5, 5.41) is 0. The molecule has 0 heterocycles. The molecule has 0 fully saturated rings. The lowest BCUT2D eigenvalue weighted by Crippen LogP contribution is -2.48. The molecule has 0 aromatic rings. The second-order valence-electron chi connectivity index (χ2n) is 24.6. The maximum Gasteiger partial charge on any atom is 0.321 e. The van der Waals surface area contributed by atoms with Crippen LogP contribution in [0.15, 0.2) is 0 Å². The second kappa shape index (κ2) is 47.7. The van der Waals surface area contributed by atoms with Crippen molar-refractivity contribution in [2.45, 2.75) is 357 Å². The first kappa shape index (κ1) is 76.3. The van der Waals surface area contributed by atoms with E-state index >= 15 is 0 Å². The average molecular weight is 1160 g/mol. The van der Waals surface area contributed by atoms with Crippen molar-refractivity contribution in [3.05, 3.63) is 0 Å². The Hall–Kier alpha value is -0.720. The average Bonchev–Trinajstić information content (AvgIpc) is 3.39. The molecule has 0 amide bonds. The topological polar surface area (TPSA) is 105 Å². The van der Waals surface area contributed by atoms with Gasteiger partial charge in [0.1, 0.15) is 50.8 Å². The van der Waals surface area contributed by atoms with Crippen molar-refractivity contribution in [2.24, 2.45) is 5.41 Å². The first-order valence-corrected chi connectivity index (χ1v) is 34.1. The number of esters is 4. The lowest BCUT2D eigenvalue weighted by Gasteiger charge is -2.35. The molecule has 0 aromatic carbocycles. The van der Waals surface area contributed by atoms with E-state index in [-0.39, 0.29) is 26.4 Å². The molecule has 8 nitrogen and oxygen atoms in total. The summed E-state index contributed by atoms with van der Waals surface area (Å²) in [5.41, 5.74) is -1.46. The van der Waals surface area contributed by atoms with Gasteiger partial charge in [-0.05, 0) is 53.4 Å². The van der Waals surface area contributed by atoms with E-state index in [1.54, 1.807) is 27.7 Å². The fourth-order valence-corrected chi connectivity index (χ4v) is 10.9. The number of carbonyl (C=O) groups is 4. The van der Waals surface area contributed by atoms with Gasteiger partial charge in [-0.3, -0.25) is 19.2 Å². The minimum absolute atomic E-state index is 0.348. The third-order valence-electron chi connectivity index (χ3n) is 15.9. The van der Waals surface area contributed by atoms with E-state index in [0.717, 1.165) is 77.0 Å². The molecule has 0 spiro atoms. The van der Waals surface area contributed by atoms with Gasteiger partial charge in [-0.15, -0.1) is 0 Å². The molecule has 0 aliphatic rings. The molecule has 0 aromatic heterocycles. The highest BCUT2D eigenvalue weighted by Crippen LogP contribution is 2.33. The Morgan fingerprint density at radius 1 is 0.247 bits per heavy atom. The van der Waals surface area contributed by atoms with Crippen molar-refractivity contribution in [1.82, 2.24) is 0 Å². The molecule has 0 aliphatic carbocycles. The number of carbonyl (C=O) groups excluding carboxylic acids is 4. The van der Waals surface area contributed by atoms with E-state index < -0.39 is 48.3 Å². The molecule has 12 heteroatoms. The highest BCUT2D eigenvalue weighted by atomic mass is 32.1. The Morgan fingerprint density at radius 2 is 0.377 bits per heavy atom. The number of rotatable bonds is 56. The van der Waals surface area contributed by atoms with Crippen LogP contribution in [0.25, 0.3) is 0 Å². The predicted molar refractivity (Wildman–Crippen MR) is 342 cm³/mol. The molecule has 0 radical (unpaired) electrons. The number of hydrogen-bond donors (Lipinski definition) is 4. The van der Waals surface area contributed by atoms with Gasteiger partial charge < -0.3 is 18.9 Å². The summed E-state index contributed by atoms with van der Waals surface area (Å²) in [6, 6.07) is 0. The lowest BCUT2D eigenvalue weighted by atomic mass is 9.91. The van der Waals surface area contributed by atoms with E-state index in [9.17, 15) is 19.2 Å². The monoisotopic (exact) mass is 1160 g/mol. The van der Waals surface area contributed by atoms with Gasteiger partial charge >= 0.3 is 23.9 Å². The largest absolute Gasteiger partial charge is 0.464 e. The van der Waals surface area contributed by atoms with E-state index in [1.807, 2.05) is 0 Å². The summed E-state index contributed by atoms with van der Waals surface area (Å²) in [6.45, 7) is 14.7. The summed E-state index contributed by atoms with van der Waals surface area (Å²) in [7, 11) is 0. The van der Waals surface area contributed by atoms with Crippen molar-refractivity contribution >= 4 is 74.4 Å². The van der Waals surface area contributed by atoms with Gasteiger partial charge in [0.05, 0.1) is 0 Å². The van der Waals surface area contributed by atoms with Crippen LogP contribution in [0.5, 0.6) is 0 Å². The molecule has 0 saturated carbocycles. The summed E-state index contributed by atoms with van der Waals surface area (Å²) in [4.78, 5) is 56.2. The summed E-state index contributed by atoms with van der Waals surface area (Å²) < 4.78 is 20.1. The molecule has 0 saturated heterocycles. The molecule has 77 heavy (non-hydrogen) atoms. The van der Waals surface area contributed by atoms with E-state index in [2.05, 4.69) is 27.7 Å². The third-order valence-corrected chi connectivity index (χ3v) is 17.5. The van der Waals surface area contributed by atoms with Crippen LogP contribution in [0.2, 0.25) is 0 Å². The zero-order valence-corrected chi connectivity index (χ0v) is 55.1. The first-order chi connectivity index (χ1) is 36.8. The Labute approximate surface area is 498 Å². The van der Waals surface area contributed by atoms with Crippen molar-refractivity contribution in [1.29, 1.82) is 0 Å². The fourth-order valence-electron chi connectivity index (χ4n) is 9.98. The van der Waals surface area contributed by atoms with Crippen LogP contribution in [0.3, 0.4) is 0 Å². The van der Waals surface area contributed by atoms with Gasteiger partial charge in [0.25, 0.3) is 0 Å². The Kier molecular flexibility index (Phi) is 47.3. The molecule has 0 unspecified atom stereocenters. The van der Waals surface area contributed by atoms with Gasteiger partial charge in [0.2, 0.25) is 0 Å². The highest BCUT2D eigenvalue weighted by molar-refractivity contribution is 7.83. The summed E-state index contributed by atoms with van der Waals surface area (Å²) in [6.07, 6.45) is 49.1. The molecule has 456 valence electrons. The molecule has 0 N–H and O–H groups in total. The van der Waals surface area contributed by atoms with E-state index in [0.29, 0.717) is 25.7 Å². The van der Waals surface area contributed by atoms with Crippen LogP contribution in [0.1, 0.15) is 338 Å². The zero-order chi connectivity index (χ0) is 57.6. The molecule has 0 rings (SSSR count). The first-order valence-electron chi connectivity index (χ1n) is 32.3. The van der Waals surface area contributed by atoms with Crippen LogP contribution in [-0.2, 0) is 38.1 Å². The molecular weight excluding hydrogens is 1040 g/mol. The predicted octanol–water partition coefficient (Wildman–Crippen LogP) is 20.1. The Morgan fingerprint density at radius 3 is 0.519 bits per heavy atom. The van der Waals surface area contributed by atoms with Gasteiger partial charge in [-0.25, -0.2) is 0 Å². The smallest absolute Gasteiger partial charge is 0.321 e. The van der Waals surface area contributed by atoms with E-state index in [1.165, 1.54) is 180 Å². The van der Waals surface area contributed by atoms with Gasteiger partial charge in [0, 0.05) is 0 Å². The van der Waals surface area contributed by atoms with Crippen molar-refractivity contribution < 1.29 is 38.1 Å². The van der Waals surface area contributed by atoms with Crippen molar-refractivity contribution in [2.75, 3.05) is 26.4 Å². The quantitative estimate of drug-likeness (QED) is 0.0207. The van der Waals surface area contributed by atoms with Gasteiger partial charge in [0.15, 0.2) is 0 Å². The van der Waals surface area contributed by atoms with E-state index in [4.69, 9.17) is 69.5 Å².